The van der Waals surface area contributed by atoms with Crippen LogP contribution in [0.4, 0.5) is 0 Å². The Balaban J connectivity index is 0.00000180. The van der Waals surface area contributed by atoms with Gasteiger partial charge in [-0.05, 0) is 19.1 Å². The van der Waals surface area contributed by atoms with Gasteiger partial charge in [-0.3, -0.25) is 0 Å². The van der Waals surface area contributed by atoms with Gasteiger partial charge in [-0.2, -0.15) is 0 Å². The smallest absolute Gasteiger partial charge is 0.119 e. The van der Waals surface area contributed by atoms with Gasteiger partial charge in [-0.1, -0.05) is 18.2 Å². The zero-order valence-electron chi connectivity index (χ0n) is 11.7. The highest BCUT2D eigenvalue weighted by molar-refractivity contribution is 5.85. The molecule has 1 fully saturated rings. The summed E-state index contributed by atoms with van der Waals surface area (Å²) >= 11 is 0. The number of ether oxygens (including phenoxy) is 2. The van der Waals surface area contributed by atoms with E-state index in [1.165, 1.54) is 0 Å². The van der Waals surface area contributed by atoms with Crippen molar-refractivity contribution in [1.82, 2.24) is 10.6 Å². The second-order valence-corrected chi connectivity index (χ2v) is 4.50. The molecule has 1 aliphatic heterocycles. The number of para-hydroxylation sites is 1. The van der Waals surface area contributed by atoms with Crippen molar-refractivity contribution in [3.63, 3.8) is 0 Å². The summed E-state index contributed by atoms with van der Waals surface area (Å²) in [6.07, 6.45) is 0.206. The van der Waals surface area contributed by atoms with E-state index in [2.05, 4.69) is 17.6 Å². The van der Waals surface area contributed by atoms with Crippen molar-refractivity contribution in [2.45, 2.75) is 19.1 Å². The van der Waals surface area contributed by atoms with E-state index in [-0.39, 0.29) is 30.9 Å². The highest BCUT2D eigenvalue weighted by atomic mass is 35.5. The number of hydrogen-bond donors (Lipinski definition) is 2. The number of halogens is 2. The maximum Gasteiger partial charge on any atom is 0.119 e. The predicted octanol–water partition coefficient (Wildman–Crippen LogP) is 1.88. The van der Waals surface area contributed by atoms with Crippen LogP contribution < -0.4 is 15.4 Å². The lowest BCUT2D eigenvalue weighted by Gasteiger charge is -2.29. The molecule has 20 heavy (non-hydrogen) atoms. The number of benzene rings is 1. The van der Waals surface area contributed by atoms with E-state index in [4.69, 9.17) is 9.47 Å². The zero-order valence-corrected chi connectivity index (χ0v) is 13.3. The molecule has 116 valence electrons. The monoisotopic (exact) mass is 322 g/mol. The van der Waals surface area contributed by atoms with Gasteiger partial charge in [0, 0.05) is 25.7 Å². The highest BCUT2D eigenvalue weighted by Gasteiger charge is 2.19. The van der Waals surface area contributed by atoms with E-state index in [0.717, 1.165) is 25.4 Å². The molecule has 0 spiro atoms. The molecule has 0 amide bonds. The molecule has 2 atom stereocenters. The molecular weight excluding hydrogens is 299 g/mol. The van der Waals surface area contributed by atoms with Crippen molar-refractivity contribution in [2.75, 3.05) is 32.8 Å². The molecule has 1 aliphatic rings. The molecule has 0 aromatic heterocycles. The summed E-state index contributed by atoms with van der Waals surface area (Å²) in [4.78, 5) is 0. The normalized spacial score (nSPS) is 19.4. The van der Waals surface area contributed by atoms with Crippen LogP contribution in [0.15, 0.2) is 30.3 Å². The molecule has 0 saturated carbocycles. The van der Waals surface area contributed by atoms with Gasteiger partial charge in [0.1, 0.15) is 12.4 Å². The highest BCUT2D eigenvalue weighted by Crippen LogP contribution is 2.08. The summed E-state index contributed by atoms with van der Waals surface area (Å²) in [5, 5.41) is 6.81. The molecule has 6 heteroatoms. The first-order chi connectivity index (χ1) is 8.86. The molecule has 1 aromatic carbocycles. The quantitative estimate of drug-likeness (QED) is 0.785. The minimum Gasteiger partial charge on any atom is -0.491 e. The molecule has 2 N–H and O–H groups in total. The van der Waals surface area contributed by atoms with E-state index in [1.54, 1.807) is 0 Å². The van der Waals surface area contributed by atoms with E-state index < -0.39 is 0 Å². The van der Waals surface area contributed by atoms with Crippen molar-refractivity contribution in [3.8, 4) is 5.75 Å². The minimum absolute atomic E-state index is 0. The minimum atomic E-state index is 0. The van der Waals surface area contributed by atoms with Gasteiger partial charge in [0.25, 0.3) is 0 Å². The molecule has 1 heterocycles. The average molecular weight is 323 g/mol. The molecular formula is C14H24Cl2N2O2. The first-order valence-electron chi connectivity index (χ1n) is 6.60. The summed E-state index contributed by atoms with van der Waals surface area (Å²) in [6, 6.07) is 10.2. The second-order valence-electron chi connectivity index (χ2n) is 4.50. The summed E-state index contributed by atoms with van der Waals surface area (Å²) in [7, 11) is 0. The van der Waals surface area contributed by atoms with Crippen molar-refractivity contribution >= 4 is 24.8 Å². The van der Waals surface area contributed by atoms with Crippen LogP contribution in [0.2, 0.25) is 0 Å². The van der Waals surface area contributed by atoms with E-state index in [1.807, 2.05) is 30.3 Å². The molecule has 1 saturated heterocycles. The fourth-order valence-corrected chi connectivity index (χ4v) is 2.03. The van der Waals surface area contributed by atoms with Crippen LogP contribution in [0.3, 0.4) is 0 Å². The van der Waals surface area contributed by atoms with Crippen LogP contribution in [0.25, 0.3) is 0 Å². The van der Waals surface area contributed by atoms with Gasteiger partial charge >= 0.3 is 0 Å². The zero-order chi connectivity index (χ0) is 12.6. The van der Waals surface area contributed by atoms with E-state index in [9.17, 15) is 0 Å². The van der Waals surface area contributed by atoms with Crippen molar-refractivity contribution in [1.29, 1.82) is 0 Å². The van der Waals surface area contributed by atoms with Gasteiger partial charge in [0.05, 0.1) is 12.7 Å². The van der Waals surface area contributed by atoms with Crippen LogP contribution in [-0.2, 0) is 4.74 Å². The van der Waals surface area contributed by atoms with E-state index in [0.29, 0.717) is 19.3 Å². The summed E-state index contributed by atoms with van der Waals surface area (Å²) in [5.41, 5.74) is 0. The third-order valence-electron chi connectivity index (χ3n) is 3.12. The molecule has 2 unspecified atom stereocenters. The van der Waals surface area contributed by atoms with Gasteiger partial charge < -0.3 is 20.1 Å². The Morgan fingerprint density at radius 3 is 2.55 bits per heavy atom. The Kier molecular flexibility index (Phi) is 10.9. The third kappa shape index (κ3) is 6.77. The number of nitrogens with one attached hydrogen (secondary N) is 2. The summed E-state index contributed by atoms with van der Waals surface area (Å²) < 4.78 is 11.4. The topological polar surface area (TPSA) is 42.5 Å². The Morgan fingerprint density at radius 1 is 1.15 bits per heavy atom. The molecule has 0 bridgehead atoms. The summed E-state index contributed by atoms with van der Waals surface area (Å²) in [6.45, 7) is 6.34. The van der Waals surface area contributed by atoms with Crippen LogP contribution >= 0.6 is 24.8 Å². The van der Waals surface area contributed by atoms with Gasteiger partial charge in [0.15, 0.2) is 0 Å². The van der Waals surface area contributed by atoms with Crippen molar-refractivity contribution in [2.24, 2.45) is 0 Å². The van der Waals surface area contributed by atoms with Crippen molar-refractivity contribution < 1.29 is 9.47 Å². The lowest BCUT2D eigenvalue weighted by atomic mass is 10.1. The number of piperazine rings is 1. The molecule has 0 aliphatic carbocycles. The lowest BCUT2D eigenvalue weighted by Crippen LogP contribution is -2.53. The van der Waals surface area contributed by atoms with Crippen LogP contribution in [0.5, 0.6) is 5.75 Å². The van der Waals surface area contributed by atoms with Crippen molar-refractivity contribution in [3.05, 3.63) is 30.3 Å². The standard InChI is InChI=1S/C14H22N2O2.2ClH/c1-12(14-11-15-7-8-16-14)17-9-10-18-13-5-3-2-4-6-13;;/h2-6,12,14-16H,7-11H2,1H3;2*1H. The third-order valence-corrected chi connectivity index (χ3v) is 3.12. The molecule has 1 aromatic rings. The Morgan fingerprint density at radius 2 is 1.90 bits per heavy atom. The Bertz CT molecular complexity index is 335. The fraction of sp³-hybridized carbons (Fsp3) is 0.571. The van der Waals surface area contributed by atoms with Gasteiger partial charge in [-0.15, -0.1) is 24.8 Å². The maximum absolute atomic E-state index is 5.78. The molecule has 4 nitrogen and oxygen atoms in total. The predicted molar refractivity (Wildman–Crippen MR) is 86.5 cm³/mol. The van der Waals surface area contributed by atoms with Gasteiger partial charge in [-0.25, -0.2) is 0 Å². The largest absolute Gasteiger partial charge is 0.491 e. The first-order valence-corrected chi connectivity index (χ1v) is 6.60. The Hall–Kier alpha value is -0.520. The van der Waals surface area contributed by atoms with Crippen LogP contribution in [0.1, 0.15) is 6.92 Å². The number of hydrogen-bond acceptors (Lipinski definition) is 4. The fourth-order valence-electron chi connectivity index (χ4n) is 2.03. The number of rotatable bonds is 6. The SMILES string of the molecule is CC(OCCOc1ccccc1)C1CNCCN1.Cl.Cl. The van der Waals surface area contributed by atoms with Crippen LogP contribution in [-0.4, -0.2) is 45.0 Å². The maximum atomic E-state index is 5.78. The lowest BCUT2D eigenvalue weighted by molar-refractivity contribution is 0.0193. The molecule has 2 rings (SSSR count). The van der Waals surface area contributed by atoms with Gasteiger partial charge in [0.2, 0.25) is 0 Å². The first kappa shape index (κ1) is 19.5. The van der Waals surface area contributed by atoms with Crippen LogP contribution in [0, 0.1) is 0 Å². The Labute approximate surface area is 133 Å². The summed E-state index contributed by atoms with van der Waals surface area (Å²) in [5.74, 6) is 0.895. The second kappa shape index (κ2) is 11.2. The average Bonchev–Trinajstić information content (AvgIpc) is 2.45. The molecule has 0 radical (unpaired) electrons. The van der Waals surface area contributed by atoms with E-state index >= 15 is 0 Å².